The van der Waals surface area contributed by atoms with Crippen molar-refractivity contribution in [3.8, 4) is 45.3 Å². The highest BCUT2D eigenvalue weighted by Crippen LogP contribution is 2.37. The first-order valence-electron chi connectivity index (χ1n) is 16.4. The van der Waals surface area contributed by atoms with Crippen molar-refractivity contribution in [3.63, 3.8) is 0 Å². The molecule has 3 aromatic heterocycles. The molecule has 0 N–H and O–H groups in total. The summed E-state index contributed by atoms with van der Waals surface area (Å²) >= 11 is 0. The molecule has 49 heavy (non-hydrogen) atoms. The van der Waals surface area contributed by atoms with E-state index in [1.54, 1.807) is 0 Å². The normalized spacial score (nSPS) is 11.7. The summed E-state index contributed by atoms with van der Waals surface area (Å²) in [6.07, 6.45) is 0. The minimum atomic E-state index is 0.644. The van der Waals surface area contributed by atoms with Crippen molar-refractivity contribution in [2.45, 2.75) is 0 Å². The van der Waals surface area contributed by atoms with Gasteiger partial charge in [0.25, 0.3) is 0 Å². The van der Waals surface area contributed by atoms with Gasteiger partial charge < -0.3 is 0 Å². The van der Waals surface area contributed by atoms with Gasteiger partial charge in [-0.15, -0.1) is 0 Å². The molecule has 228 valence electrons. The standard InChI is InChI=1S/C44H27N5/c1-3-11-29(12-4-1)41-46-42(30-13-5-2-6-14-30)48-43(47-41)31-21-19-28(20-22-31)34-23-24-39-36(26-34)35-25-32-15-7-8-16-33(32)27-37(35)44-45-38-17-9-10-18-40(38)49(39)44/h1-27H. The Morgan fingerprint density at radius 1 is 0.327 bits per heavy atom. The average molecular weight is 626 g/mol. The van der Waals surface area contributed by atoms with E-state index in [2.05, 4.69) is 108 Å². The Morgan fingerprint density at radius 2 is 0.837 bits per heavy atom. The van der Waals surface area contributed by atoms with Crippen molar-refractivity contribution in [2.75, 3.05) is 0 Å². The molecule has 0 aliphatic rings. The number of imidazole rings is 1. The molecular weight excluding hydrogens is 599 g/mol. The minimum absolute atomic E-state index is 0.644. The van der Waals surface area contributed by atoms with Crippen LogP contribution in [-0.4, -0.2) is 24.3 Å². The summed E-state index contributed by atoms with van der Waals surface area (Å²) in [6.45, 7) is 0. The zero-order chi connectivity index (χ0) is 32.3. The summed E-state index contributed by atoms with van der Waals surface area (Å²) in [5, 5.41) is 5.96. The third kappa shape index (κ3) is 4.55. The van der Waals surface area contributed by atoms with Crippen molar-refractivity contribution in [1.82, 2.24) is 24.3 Å². The average Bonchev–Trinajstić information content (AvgIpc) is 3.58. The molecule has 7 aromatic carbocycles. The third-order valence-corrected chi connectivity index (χ3v) is 9.39. The zero-order valence-corrected chi connectivity index (χ0v) is 26.3. The second-order valence-electron chi connectivity index (χ2n) is 12.4. The van der Waals surface area contributed by atoms with E-state index < -0.39 is 0 Å². The topological polar surface area (TPSA) is 56.0 Å². The fourth-order valence-electron chi connectivity index (χ4n) is 6.97. The first-order chi connectivity index (χ1) is 24.3. The van der Waals surface area contributed by atoms with Crippen molar-refractivity contribution in [2.24, 2.45) is 0 Å². The summed E-state index contributed by atoms with van der Waals surface area (Å²) in [5.74, 6) is 1.95. The molecule has 0 spiro atoms. The van der Waals surface area contributed by atoms with Crippen LogP contribution in [0.15, 0.2) is 164 Å². The van der Waals surface area contributed by atoms with Crippen LogP contribution < -0.4 is 0 Å². The summed E-state index contributed by atoms with van der Waals surface area (Å²) in [6, 6.07) is 57.0. The number of rotatable bonds is 4. The number of fused-ring (bicyclic) bond motifs is 9. The van der Waals surface area contributed by atoms with Crippen molar-refractivity contribution in [3.05, 3.63) is 164 Å². The number of benzene rings is 7. The van der Waals surface area contributed by atoms with Gasteiger partial charge in [-0.2, -0.15) is 0 Å². The van der Waals surface area contributed by atoms with Crippen LogP contribution in [0.25, 0.3) is 94.4 Å². The van der Waals surface area contributed by atoms with Gasteiger partial charge >= 0.3 is 0 Å². The Kier molecular flexibility index (Phi) is 6.11. The first-order valence-corrected chi connectivity index (χ1v) is 16.4. The van der Waals surface area contributed by atoms with E-state index in [0.717, 1.165) is 55.4 Å². The summed E-state index contributed by atoms with van der Waals surface area (Å²) in [5.41, 5.74) is 9.33. The second kappa shape index (κ2) is 10.9. The van der Waals surface area contributed by atoms with E-state index in [0.29, 0.717) is 17.5 Å². The lowest BCUT2D eigenvalue weighted by atomic mass is 9.97. The smallest absolute Gasteiger partial charge is 0.164 e. The minimum Gasteiger partial charge on any atom is -0.292 e. The predicted octanol–water partition coefficient (Wildman–Crippen LogP) is 10.8. The molecule has 3 heterocycles. The van der Waals surface area contributed by atoms with E-state index in [1.807, 2.05) is 60.7 Å². The van der Waals surface area contributed by atoms with Gasteiger partial charge in [0, 0.05) is 27.5 Å². The van der Waals surface area contributed by atoms with Gasteiger partial charge in [-0.3, -0.25) is 4.40 Å². The molecule has 0 bridgehead atoms. The second-order valence-corrected chi connectivity index (χ2v) is 12.4. The zero-order valence-electron chi connectivity index (χ0n) is 26.3. The van der Waals surface area contributed by atoms with Gasteiger partial charge in [0.05, 0.1) is 16.6 Å². The number of aromatic nitrogens is 5. The number of nitrogens with zero attached hydrogens (tertiary/aromatic N) is 5. The van der Waals surface area contributed by atoms with Gasteiger partial charge in [-0.25, -0.2) is 19.9 Å². The molecule has 0 atom stereocenters. The maximum atomic E-state index is 5.12. The molecule has 0 aliphatic heterocycles. The maximum absolute atomic E-state index is 5.12. The Bertz CT molecular complexity index is 2800. The first kappa shape index (κ1) is 27.4. The lowest BCUT2D eigenvalue weighted by Crippen LogP contribution is -2.00. The molecule has 5 nitrogen and oxygen atoms in total. The molecule has 0 unspecified atom stereocenters. The highest BCUT2D eigenvalue weighted by molar-refractivity contribution is 6.18. The van der Waals surface area contributed by atoms with E-state index in [9.17, 15) is 0 Å². The highest BCUT2D eigenvalue weighted by Gasteiger charge is 2.16. The Hall–Kier alpha value is -6.72. The van der Waals surface area contributed by atoms with Crippen molar-refractivity contribution < 1.29 is 0 Å². The molecule has 0 fully saturated rings. The molecule has 0 aliphatic carbocycles. The Labute approximate surface area is 281 Å². The number of hydrogen-bond acceptors (Lipinski definition) is 4. The molecular formula is C44H27N5. The van der Waals surface area contributed by atoms with Gasteiger partial charge in [0.2, 0.25) is 0 Å². The van der Waals surface area contributed by atoms with Crippen LogP contribution in [0.2, 0.25) is 0 Å². The van der Waals surface area contributed by atoms with Crippen molar-refractivity contribution in [1.29, 1.82) is 0 Å². The summed E-state index contributed by atoms with van der Waals surface area (Å²) in [4.78, 5) is 19.8. The Balaban J connectivity index is 1.13. The SMILES string of the molecule is c1ccc(-c2nc(-c3ccccc3)nc(-c3ccc(-c4ccc5c(c4)c4cc6ccccc6cc4c4nc6ccccc6n54)cc3)n2)cc1. The predicted molar refractivity (Wildman–Crippen MR) is 200 cm³/mol. The van der Waals surface area contributed by atoms with E-state index in [-0.39, 0.29) is 0 Å². The van der Waals surface area contributed by atoms with Crippen LogP contribution in [0.3, 0.4) is 0 Å². The van der Waals surface area contributed by atoms with E-state index in [1.165, 1.54) is 21.5 Å². The van der Waals surface area contributed by atoms with Gasteiger partial charge in [-0.05, 0) is 63.7 Å². The van der Waals surface area contributed by atoms with Gasteiger partial charge in [0.15, 0.2) is 17.5 Å². The van der Waals surface area contributed by atoms with E-state index in [4.69, 9.17) is 19.9 Å². The number of para-hydroxylation sites is 2. The molecule has 10 aromatic rings. The van der Waals surface area contributed by atoms with Crippen LogP contribution in [0, 0.1) is 0 Å². The molecule has 10 rings (SSSR count). The lowest BCUT2D eigenvalue weighted by molar-refractivity contribution is 1.07. The molecule has 0 saturated carbocycles. The van der Waals surface area contributed by atoms with Gasteiger partial charge in [-0.1, -0.05) is 127 Å². The monoisotopic (exact) mass is 625 g/mol. The fraction of sp³-hybridized carbons (Fsp3) is 0. The number of hydrogen-bond donors (Lipinski definition) is 0. The van der Waals surface area contributed by atoms with Crippen LogP contribution in [0.4, 0.5) is 0 Å². The molecule has 0 amide bonds. The van der Waals surface area contributed by atoms with Crippen LogP contribution in [0.1, 0.15) is 0 Å². The highest BCUT2D eigenvalue weighted by atomic mass is 15.0. The van der Waals surface area contributed by atoms with Crippen LogP contribution in [0.5, 0.6) is 0 Å². The van der Waals surface area contributed by atoms with Crippen molar-refractivity contribution >= 4 is 49.1 Å². The third-order valence-electron chi connectivity index (χ3n) is 9.39. The van der Waals surface area contributed by atoms with Crippen LogP contribution >= 0.6 is 0 Å². The molecule has 5 heteroatoms. The molecule has 0 saturated heterocycles. The van der Waals surface area contributed by atoms with Gasteiger partial charge in [0.1, 0.15) is 5.65 Å². The van der Waals surface area contributed by atoms with Crippen LogP contribution in [-0.2, 0) is 0 Å². The summed E-state index contributed by atoms with van der Waals surface area (Å²) in [7, 11) is 0. The molecule has 0 radical (unpaired) electrons. The summed E-state index contributed by atoms with van der Waals surface area (Å²) < 4.78 is 2.31. The Morgan fingerprint density at radius 3 is 1.49 bits per heavy atom. The number of pyridine rings is 1. The lowest BCUT2D eigenvalue weighted by Gasteiger charge is -2.13. The fourth-order valence-corrected chi connectivity index (χ4v) is 6.97. The maximum Gasteiger partial charge on any atom is 0.164 e. The van der Waals surface area contributed by atoms with E-state index >= 15 is 0 Å². The quantitative estimate of drug-likeness (QED) is 0.144. The largest absolute Gasteiger partial charge is 0.292 e.